The Labute approximate surface area is 115 Å². The predicted molar refractivity (Wildman–Crippen MR) is 77.1 cm³/mol. The first-order valence-electron chi connectivity index (χ1n) is 6.45. The number of rotatable bonds is 5. The second-order valence-corrected chi connectivity index (χ2v) is 4.82. The van der Waals surface area contributed by atoms with E-state index in [1.807, 2.05) is 57.1 Å². The van der Waals surface area contributed by atoms with Crippen molar-refractivity contribution < 1.29 is 4.79 Å². The number of amides is 1. The van der Waals surface area contributed by atoms with Gasteiger partial charge in [-0.15, -0.1) is 0 Å². The van der Waals surface area contributed by atoms with Crippen LogP contribution in [0.4, 0.5) is 5.69 Å². The quantitative estimate of drug-likeness (QED) is 0.815. The third-order valence-electron chi connectivity index (χ3n) is 2.99. The van der Waals surface area contributed by atoms with Crippen molar-refractivity contribution in [2.75, 3.05) is 32.1 Å². The molecule has 1 amide bonds. The summed E-state index contributed by atoms with van der Waals surface area (Å²) < 4.78 is 0. The minimum absolute atomic E-state index is 0.0201. The van der Waals surface area contributed by atoms with Crippen molar-refractivity contribution >= 4 is 11.6 Å². The van der Waals surface area contributed by atoms with Crippen molar-refractivity contribution in [1.29, 1.82) is 5.26 Å². The van der Waals surface area contributed by atoms with Gasteiger partial charge >= 0.3 is 0 Å². The van der Waals surface area contributed by atoms with Gasteiger partial charge in [-0.25, -0.2) is 0 Å². The zero-order valence-corrected chi connectivity index (χ0v) is 12.1. The summed E-state index contributed by atoms with van der Waals surface area (Å²) in [6, 6.07) is 9.70. The Balaban J connectivity index is 2.91. The van der Waals surface area contributed by atoms with Crippen LogP contribution in [0.3, 0.4) is 0 Å². The van der Waals surface area contributed by atoms with Gasteiger partial charge in [0.1, 0.15) is 0 Å². The van der Waals surface area contributed by atoms with Crippen LogP contribution in [-0.2, 0) is 0 Å². The van der Waals surface area contributed by atoms with Gasteiger partial charge in [0.25, 0.3) is 5.91 Å². The highest BCUT2D eigenvalue weighted by Gasteiger charge is 2.17. The fourth-order valence-electron chi connectivity index (χ4n) is 1.83. The largest absolute Gasteiger partial charge is 0.378 e. The van der Waals surface area contributed by atoms with Crippen molar-refractivity contribution in [3.8, 4) is 6.07 Å². The minimum Gasteiger partial charge on any atom is -0.378 e. The average Bonchev–Trinajstić information content (AvgIpc) is 2.43. The predicted octanol–water partition coefficient (Wildman–Crippen LogP) is 2.37. The van der Waals surface area contributed by atoms with Gasteiger partial charge in [0.05, 0.1) is 12.0 Å². The van der Waals surface area contributed by atoms with E-state index in [0.717, 1.165) is 5.69 Å². The number of benzene rings is 1. The van der Waals surface area contributed by atoms with Crippen LogP contribution < -0.4 is 4.90 Å². The maximum absolute atomic E-state index is 12.4. The molecule has 0 saturated heterocycles. The van der Waals surface area contributed by atoms with E-state index in [0.29, 0.717) is 18.7 Å². The number of anilines is 1. The molecule has 1 aromatic carbocycles. The normalized spacial score (nSPS) is 11.5. The Morgan fingerprint density at radius 1 is 1.42 bits per heavy atom. The standard InChI is InChI=1S/C15H21N3O/c1-5-18(11-12(2)10-16)15(19)13-7-6-8-14(9-13)17(3)4/h6-9,12H,5,11H2,1-4H3. The van der Waals surface area contributed by atoms with Gasteiger partial charge in [-0.05, 0) is 32.0 Å². The maximum Gasteiger partial charge on any atom is 0.253 e. The topological polar surface area (TPSA) is 47.3 Å². The SMILES string of the molecule is CCN(CC(C)C#N)C(=O)c1cccc(N(C)C)c1. The summed E-state index contributed by atoms with van der Waals surface area (Å²) in [5, 5.41) is 8.85. The lowest BCUT2D eigenvalue weighted by Gasteiger charge is -2.22. The summed E-state index contributed by atoms with van der Waals surface area (Å²) in [7, 11) is 3.89. The summed E-state index contributed by atoms with van der Waals surface area (Å²) in [4.78, 5) is 16.1. The van der Waals surface area contributed by atoms with E-state index < -0.39 is 0 Å². The van der Waals surface area contributed by atoms with Gasteiger partial charge < -0.3 is 9.80 Å². The van der Waals surface area contributed by atoms with Crippen molar-refractivity contribution in [1.82, 2.24) is 4.90 Å². The summed E-state index contributed by atoms with van der Waals surface area (Å²) in [5.41, 5.74) is 1.66. The molecule has 1 aromatic rings. The Morgan fingerprint density at radius 2 is 2.11 bits per heavy atom. The number of carbonyl (C=O) groups is 1. The maximum atomic E-state index is 12.4. The van der Waals surface area contributed by atoms with Gasteiger partial charge in [0.15, 0.2) is 0 Å². The molecule has 0 aromatic heterocycles. The molecule has 4 nitrogen and oxygen atoms in total. The Hall–Kier alpha value is -2.02. The molecule has 0 aliphatic carbocycles. The van der Waals surface area contributed by atoms with Gasteiger partial charge in [0.2, 0.25) is 0 Å². The Morgan fingerprint density at radius 3 is 2.63 bits per heavy atom. The summed E-state index contributed by atoms with van der Waals surface area (Å²) in [5.74, 6) is -0.172. The Bertz CT molecular complexity index is 477. The zero-order valence-electron chi connectivity index (χ0n) is 12.1. The lowest BCUT2D eigenvalue weighted by atomic mass is 10.1. The van der Waals surface area contributed by atoms with Crippen LogP contribution in [0, 0.1) is 17.2 Å². The number of hydrogen-bond acceptors (Lipinski definition) is 3. The van der Waals surface area contributed by atoms with Crippen LogP contribution in [0.2, 0.25) is 0 Å². The minimum atomic E-state index is -0.152. The summed E-state index contributed by atoms with van der Waals surface area (Å²) in [6.45, 7) is 4.83. The van der Waals surface area contributed by atoms with Crippen LogP contribution in [-0.4, -0.2) is 38.0 Å². The lowest BCUT2D eigenvalue weighted by molar-refractivity contribution is 0.0753. The van der Waals surface area contributed by atoms with Crippen molar-refractivity contribution in [3.63, 3.8) is 0 Å². The van der Waals surface area contributed by atoms with Crippen LogP contribution >= 0.6 is 0 Å². The monoisotopic (exact) mass is 259 g/mol. The highest BCUT2D eigenvalue weighted by atomic mass is 16.2. The molecule has 102 valence electrons. The van der Waals surface area contributed by atoms with Crippen molar-refractivity contribution in [3.05, 3.63) is 29.8 Å². The van der Waals surface area contributed by atoms with E-state index in [-0.39, 0.29) is 11.8 Å². The van der Waals surface area contributed by atoms with Crippen LogP contribution in [0.5, 0.6) is 0 Å². The molecular weight excluding hydrogens is 238 g/mol. The average molecular weight is 259 g/mol. The van der Waals surface area contributed by atoms with Gasteiger partial charge in [-0.1, -0.05) is 6.07 Å². The smallest absolute Gasteiger partial charge is 0.253 e. The van der Waals surface area contributed by atoms with Gasteiger partial charge in [-0.2, -0.15) is 5.26 Å². The van der Waals surface area contributed by atoms with E-state index in [9.17, 15) is 4.79 Å². The molecule has 0 spiro atoms. The first-order chi connectivity index (χ1) is 8.99. The molecule has 0 aliphatic heterocycles. The van der Waals surface area contributed by atoms with E-state index in [4.69, 9.17) is 5.26 Å². The van der Waals surface area contributed by atoms with Crippen LogP contribution in [0.1, 0.15) is 24.2 Å². The lowest BCUT2D eigenvalue weighted by Crippen LogP contribution is -2.34. The van der Waals surface area contributed by atoms with E-state index in [1.54, 1.807) is 4.90 Å². The third kappa shape index (κ3) is 3.99. The first-order valence-corrected chi connectivity index (χ1v) is 6.45. The highest BCUT2D eigenvalue weighted by molar-refractivity contribution is 5.95. The van der Waals surface area contributed by atoms with Crippen molar-refractivity contribution in [2.24, 2.45) is 5.92 Å². The molecule has 0 bridgehead atoms. The second-order valence-electron chi connectivity index (χ2n) is 4.82. The molecule has 0 fully saturated rings. The molecule has 0 saturated carbocycles. The first kappa shape index (κ1) is 15.0. The number of nitrogens with zero attached hydrogens (tertiary/aromatic N) is 3. The van der Waals surface area contributed by atoms with Gasteiger partial charge in [-0.3, -0.25) is 4.79 Å². The van der Waals surface area contributed by atoms with Crippen molar-refractivity contribution in [2.45, 2.75) is 13.8 Å². The van der Waals surface area contributed by atoms with E-state index >= 15 is 0 Å². The molecule has 0 radical (unpaired) electrons. The zero-order chi connectivity index (χ0) is 14.4. The number of nitriles is 1. The van der Waals surface area contributed by atoms with E-state index in [2.05, 4.69) is 6.07 Å². The molecule has 4 heteroatoms. The Kier molecular flexibility index (Phi) is 5.37. The highest BCUT2D eigenvalue weighted by Crippen LogP contribution is 2.15. The molecule has 19 heavy (non-hydrogen) atoms. The molecular formula is C15H21N3O. The van der Waals surface area contributed by atoms with Crippen LogP contribution in [0.25, 0.3) is 0 Å². The number of carbonyl (C=O) groups excluding carboxylic acids is 1. The molecule has 0 N–H and O–H groups in total. The van der Waals surface area contributed by atoms with Crippen LogP contribution in [0.15, 0.2) is 24.3 Å². The van der Waals surface area contributed by atoms with Gasteiger partial charge in [0, 0.05) is 38.4 Å². The third-order valence-corrected chi connectivity index (χ3v) is 2.99. The fourth-order valence-corrected chi connectivity index (χ4v) is 1.83. The molecule has 1 unspecified atom stereocenters. The molecule has 1 rings (SSSR count). The molecule has 0 aliphatic rings. The summed E-state index contributed by atoms with van der Waals surface area (Å²) in [6.07, 6.45) is 0. The second kappa shape index (κ2) is 6.79. The van der Waals surface area contributed by atoms with E-state index in [1.165, 1.54) is 0 Å². The summed E-state index contributed by atoms with van der Waals surface area (Å²) >= 11 is 0. The number of hydrogen-bond donors (Lipinski definition) is 0. The fraction of sp³-hybridized carbons (Fsp3) is 0.467. The molecule has 1 atom stereocenters. The molecule has 0 heterocycles.